The van der Waals surface area contributed by atoms with Crippen molar-refractivity contribution in [3.8, 4) is 0 Å². The second-order valence-corrected chi connectivity index (χ2v) is 8.44. The molecule has 3 heterocycles. The molecule has 3 fully saturated rings. The Morgan fingerprint density at radius 2 is 1.91 bits per heavy atom. The number of sulfonamides is 1. The molecule has 0 saturated carbocycles. The van der Waals surface area contributed by atoms with E-state index in [9.17, 15) is 13.2 Å². The lowest BCUT2D eigenvalue weighted by Gasteiger charge is -2.31. The fraction of sp³-hybridized carbons (Fsp3) is 0.929. The molecule has 0 unspecified atom stereocenters. The molecule has 2 bridgehead atoms. The largest absolute Gasteiger partial charge is 0.338 e. The lowest BCUT2D eigenvalue weighted by atomic mass is 10.1. The van der Waals surface area contributed by atoms with Crippen LogP contribution in [0, 0.1) is 0 Å². The Bertz CT molecular complexity index is 474. The summed E-state index contributed by atoms with van der Waals surface area (Å²) in [5, 5.41) is 2.93. The van der Waals surface area contributed by atoms with E-state index in [-0.39, 0.29) is 11.8 Å². The Kier molecular flexibility index (Phi) is 6.05. The van der Waals surface area contributed by atoms with E-state index in [1.807, 2.05) is 4.90 Å². The van der Waals surface area contributed by atoms with Crippen LogP contribution in [0.3, 0.4) is 0 Å². The molecule has 0 aromatic rings. The lowest BCUT2D eigenvalue weighted by Crippen LogP contribution is -2.47. The van der Waals surface area contributed by atoms with Gasteiger partial charge in [-0.3, -0.25) is 0 Å². The Hall–Kier alpha value is -0.860. The fourth-order valence-corrected chi connectivity index (χ4v) is 3.96. The third-order valence-corrected chi connectivity index (χ3v) is 6.54. The van der Waals surface area contributed by atoms with E-state index in [4.69, 9.17) is 0 Å². The molecule has 22 heavy (non-hydrogen) atoms. The summed E-state index contributed by atoms with van der Waals surface area (Å²) in [6.45, 7) is 6.52. The molecule has 0 aliphatic carbocycles. The molecule has 1 N–H and O–H groups in total. The number of amides is 2. The van der Waals surface area contributed by atoms with Crippen LogP contribution in [0.4, 0.5) is 4.79 Å². The van der Waals surface area contributed by atoms with Crippen molar-refractivity contribution in [1.82, 2.24) is 19.4 Å². The summed E-state index contributed by atoms with van der Waals surface area (Å²) in [4.78, 5) is 16.7. The molecule has 7 nitrogen and oxygen atoms in total. The van der Waals surface area contributed by atoms with Crippen molar-refractivity contribution in [2.75, 3.05) is 52.1 Å². The quantitative estimate of drug-likeness (QED) is 0.703. The molecule has 128 valence electrons. The second-order valence-electron chi connectivity index (χ2n) is 6.07. The van der Waals surface area contributed by atoms with Gasteiger partial charge in [-0.25, -0.2) is 17.5 Å². The molecule has 3 aliphatic rings. The van der Waals surface area contributed by atoms with Crippen molar-refractivity contribution in [2.24, 2.45) is 0 Å². The molecule has 0 atom stereocenters. The van der Waals surface area contributed by atoms with Crippen molar-refractivity contribution in [3.05, 3.63) is 0 Å². The van der Waals surface area contributed by atoms with Gasteiger partial charge >= 0.3 is 6.03 Å². The minimum Gasteiger partial charge on any atom is -0.338 e. The summed E-state index contributed by atoms with van der Waals surface area (Å²) in [6, 6.07) is 0.358. The minimum atomic E-state index is -3.13. The van der Waals surface area contributed by atoms with Crippen LogP contribution < -0.4 is 5.32 Å². The molecule has 8 heteroatoms. The first-order valence-corrected chi connectivity index (χ1v) is 9.76. The third kappa shape index (κ3) is 4.33. The molecular weight excluding hydrogens is 304 g/mol. The summed E-state index contributed by atoms with van der Waals surface area (Å²) < 4.78 is 24.6. The highest BCUT2D eigenvalue weighted by Gasteiger charge is 2.31. The van der Waals surface area contributed by atoms with Gasteiger partial charge in [0.25, 0.3) is 0 Å². The third-order valence-electron chi connectivity index (χ3n) is 4.68. The summed E-state index contributed by atoms with van der Waals surface area (Å²) in [5.41, 5.74) is 0. The highest BCUT2D eigenvalue weighted by atomic mass is 32.2. The molecule has 3 aliphatic heterocycles. The second kappa shape index (κ2) is 7.61. The van der Waals surface area contributed by atoms with Gasteiger partial charge in [-0.05, 0) is 26.2 Å². The first kappa shape index (κ1) is 17.5. The number of carbonyl (C=O) groups is 1. The Morgan fingerprint density at radius 3 is 2.55 bits per heavy atom. The standard InChI is InChI=1S/C14H28N4O3S/c1-3-22(20,21)16(2)8-4-7-15-14(19)18-12-11-17-9-5-13(18)6-10-17/h13H,3-12H2,1-2H3,(H,15,19). The van der Waals surface area contributed by atoms with Crippen LogP contribution in [0.25, 0.3) is 0 Å². The van der Waals surface area contributed by atoms with Crippen LogP contribution in [0.1, 0.15) is 26.2 Å². The predicted molar refractivity (Wildman–Crippen MR) is 86.3 cm³/mol. The number of nitrogens with one attached hydrogen (secondary N) is 1. The Labute approximate surface area is 133 Å². The zero-order chi connectivity index (χ0) is 16.2. The van der Waals surface area contributed by atoms with Crippen LogP contribution in [-0.4, -0.2) is 86.7 Å². The molecule has 0 spiro atoms. The smallest absolute Gasteiger partial charge is 0.317 e. The Morgan fingerprint density at radius 1 is 1.23 bits per heavy atom. The SMILES string of the molecule is CCS(=O)(=O)N(C)CCCNC(=O)N1CCN2CCC1CC2. The molecule has 2 amide bonds. The van der Waals surface area contributed by atoms with Gasteiger partial charge in [0.2, 0.25) is 10.0 Å². The van der Waals surface area contributed by atoms with E-state index in [0.717, 1.165) is 39.0 Å². The zero-order valence-corrected chi connectivity index (χ0v) is 14.4. The van der Waals surface area contributed by atoms with E-state index < -0.39 is 10.0 Å². The zero-order valence-electron chi connectivity index (χ0n) is 13.6. The van der Waals surface area contributed by atoms with Crippen LogP contribution in [-0.2, 0) is 10.0 Å². The Balaban J connectivity index is 1.72. The van der Waals surface area contributed by atoms with Crippen molar-refractivity contribution in [1.29, 1.82) is 0 Å². The molecule has 0 aromatic heterocycles. The average molecular weight is 332 g/mol. The van der Waals surface area contributed by atoms with E-state index in [2.05, 4.69) is 10.2 Å². The number of fused-ring (bicyclic) bond motifs is 4. The van der Waals surface area contributed by atoms with Gasteiger partial charge in [0, 0.05) is 52.4 Å². The highest BCUT2D eigenvalue weighted by Crippen LogP contribution is 2.20. The van der Waals surface area contributed by atoms with Gasteiger partial charge in [-0.2, -0.15) is 0 Å². The maximum atomic E-state index is 12.3. The normalized spacial score (nSPS) is 25.3. The van der Waals surface area contributed by atoms with Crippen LogP contribution in [0.2, 0.25) is 0 Å². The fourth-order valence-electron chi connectivity index (χ4n) is 3.11. The maximum Gasteiger partial charge on any atom is 0.317 e. The van der Waals surface area contributed by atoms with Gasteiger partial charge in [0.05, 0.1) is 5.75 Å². The number of hydrogen-bond donors (Lipinski definition) is 1. The molecule has 3 saturated heterocycles. The van der Waals surface area contributed by atoms with Crippen LogP contribution >= 0.6 is 0 Å². The predicted octanol–water partition coefficient (Wildman–Crippen LogP) is 0.148. The van der Waals surface area contributed by atoms with Gasteiger partial charge < -0.3 is 15.1 Å². The number of rotatable bonds is 6. The van der Waals surface area contributed by atoms with Crippen molar-refractivity contribution in [3.63, 3.8) is 0 Å². The lowest BCUT2D eigenvalue weighted by molar-refractivity contribution is 0.170. The molecular formula is C14H28N4O3S. The number of carbonyl (C=O) groups excluding carboxylic acids is 1. The highest BCUT2D eigenvalue weighted by molar-refractivity contribution is 7.89. The minimum absolute atomic E-state index is 0.00486. The monoisotopic (exact) mass is 332 g/mol. The summed E-state index contributed by atoms with van der Waals surface area (Å²) in [6.07, 6.45) is 2.75. The number of nitrogens with zero attached hydrogens (tertiary/aromatic N) is 3. The van der Waals surface area contributed by atoms with Gasteiger partial charge in [0.15, 0.2) is 0 Å². The summed E-state index contributed by atoms with van der Waals surface area (Å²) in [7, 11) is -1.54. The van der Waals surface area contributed by atoms with Gasteiger partial charge in [0.1, 0.15) is 0 Å². The van der Waals surface area contributed by atoms with Crippen molar-refractivity contribution >= 4 is 16.1 Å². The molecule has 0 aromatic carbocycles. The molecule has 3 rings (SSSR count). The van der Waals surface area contributed by atoms with Gasteiger partial charge in [-0.15, -0.1) is 0 Å². The van der Waals surface area contributed by atoms with E-state index >= 15 is 0 Å². The number of hydrogen-bond acceptors (Lipinski definition) is 4. The van der Waals surface area contributed by atoms with Gasteiger partial charge in [-0.1, -0.05) is 0 Å². The van der Waals surface area contributed by atoms with E-state index in [0.29, 0.717) is 25.6 Å². The topological polar surface area (TPSA) is 73.0 Å². The molecule has 0 radical (unpaired) electrons. The first-order chi connectivity index (χ1) is 10.4. The average Bonchev–Trinajstić information content (AvgIpc) is 2.84. The van der Waals surface area contributed by atoms with Crippen LogP contribution in [0.15, 0.2) is 0 Å². The number of urea groups is 1. The maximum absolute atomic E-state index is 12.3. The van der Waals surface area contributed by atoms with Crippen molar-refractivity contribution in [2.45, 2.75) is 32.2 Å². The van der Waals surface area contributed by atoms with Crippen LogP contribution in [0.5, 0.6) is 0 Å². The first-order valence-electron chi connectivity index (χ1n) is 8.15. The van der Waals surface area contributed by atoms with E-state index in [1.165, 1.54) is 4.31 Å². The summed E-state index contributed by atoms with van der Waals surface area (Å²) >= 11 is 0. The van der Waals surface area contributed by atoms with Crippen molar-refractivity contribution < 1.29 is 13.2 Å². The number of piperidine rings is 1. The van der Waals surface area contributed by atoms with E-state index in [1.54, 1.807) is 14.0 Å². The summed E-state index contributed by atoms with van der Waals surface area (Å²) in [5.74, 6) is 0.113.